The average Bonchev–Trinajstić information content (AvgIpc) is 2.34. The smallest absolute Gasteiger partial charge is 0.232 e. The number of amides is 1. The summed E-state index contributed by atoms with van der Waals surface area (Å²) in [5, 5.41) is 6.34. The van der Waals surface area contributed by atoms with Gasteiger partial charge in [0, 0.05) is 11.8 Å². The first-order valence-electron chi connectivity index (χ1n) is 3.09. The summed E-state index contributed by atoms with van der Waals surface area (Å²) in [6.07, 6.45) is 0.163. The summed E-state index contributed by atoms with van der Waals surface area (Å²) in [6.45, 7) is 0. The number of hydrogen-bond acceptors (Lipinski definition) is 3. The Kier molecular flexibility index (Phi) is 2.10. The van der Waals surface area contributed by atoms with Crippen molar-refractivity contribution in [2.24, 2.45) is 5.73 Å². The zero-order valence-electron chi connectivity index (χ0n) is 6.13. The number of nitrogens with two attached hydrogens (primary N) is 1. The normalized spacial score (nSPS) is 9.55. The Bertz CT molecular complexity index is 256. The molecule has 0 aromatic carbocycles. The quantitative estimate of drug-likeness (QED) is 0.614. The number of aromatic nitrogens is 2. The maximum absolute atomic E-state index is 10.4. The van der Waals surface area contributed by atoms with Gasteiger partial charge in [-0.05, 0) is 0 Å². The monoisotopic (exact) mass is 155 g/mol. The lowest BCUT2D eigenvalue weighted by Gasteiger charge is -1.87. The summed E-state index contributed by atoms with van der Waals surface area (Å²) in [7, 11) is 1.50. The van der Waals surface area contributed by atoms with Gasteiger partial charge in [-0.3, -0.25) is 9.89 Å². The lowest BCUT2D eigenvalue weighted by Crippen LogP contribution is -2.13. The van der Waals surface area contributed by atoms with Gasteiger partial charge in [0.25, 0.3) is 0 Å². The van der Waals surface area contributed by atoms with Crippen molar-refractivity contribution < 1.29 is 9.53 Å². The van der Waals surface area contributed by atoms with Crippen molar-refractivity contribution in [3.8, 4) is 5.88 Å². The average molecular weight is 155 g/mol. The van der Waals surface area contributed by atoms with E-state index in [-0.39, 0.29) is 6.42 Å². The fourth-order valence-corrected chi connectivity index (χ4v) is 0.723. The number of hydrogen-bond donors (Lipinski definition) is 2. The molecule has 1 heterocycles. The zero-order valence-corrected chi connectivity index (χ0v) is 6.13. The Hall–Kier alpha value is -1.52. The van der Waals surface area contributed by atoms with E-state index in [1.165, 1.54) is 7.11 Å². The summed E-state index contributed by atoms with van der Waals surface area (Å²) in [6, 6.07) is 1.63. The molecule has 1 amide bonds. The van der Waals surface area contributed by atoms with Crippen LogP contribution in [0, 0.1) is 0 Å². The Morgan fingerprint density at radius 1 is 1.91 bits per heavy atom. The van der Waals surface area contributed by atoms with Gasteiger partial charge in [0.05, 0.1) is 13.5 Å². The lowest BCUT2D eigenvalue weighted by molar-refractivity contribution is -0.117. The highest BCUT2D eigenvalue weighted by Gasteiger charge is 2.02. The number of rotatable bonds is 3. The fourth-order valence-electron chi connectivity index (χ4n) is 0.723. The van der Waals surface area contributed by atoms with Gasteiger partial charge < -0.3 is 10.5 Å². The maximum Gasteiger partial charge on any atom is 0.232 e. The van der Waals surface area contributed by atoms with Crippen LogP contribution in [0.15, 0.2) is 6.07 Å². The van der Waals surface area contributed by atoms with E-state index < -0.39 is 5.91 Å². The number of methoxy groups -OCH3 is 1. The number of ether oxygens (including phenoxy) is 1. The molecule has 1 rings (SSSR count). The summed E-state index contributed by atoms with van der Waals surface area (Å²) in [4.78, 5) is 10.4. The molecule has 0 spiro atoms. The molecule has 0 radical (unpaired) electrons. The molecule has 5 heteroatoms. The molecule has 60 valence electrons. The first-order valence-corrected chi connectivity index (χ1v) is 3.09. The van der Waals surface area contributed by atoms with Gasteiger partial charge in [-0.15, -0.1) is 5.10 Å². The van der Waals surface area contributed by atoms with E-state index in [4.69, 9.17) is 10.5 Å². The number of carbonyl (C=O) groups excluding carboxylic acids is 1. The fraction of sp³-hybridized carbons (Fsp3) is 0.333. The summed E-state index contributed by atoms with van der Waals surface area (Å²) >= 11 is 0. The number of nitrogens with one attached hydrogen (secondary N) is 1. The van der Waals surface area contributed by atoms with E-state index in [0.29, 0.717) is 11.6 Å². The molecule has 0 fully saturated rings. The Balaban J connectivity index is 2.65. The molecule has 0 bridgehead atoms. The van der Waals surface area contributed by atoms with E-state index in [9.17, 15) is 4.79 Å². The van der Waals surface area contributed by atoms with E-state index in [0.717, 1.165) is 0 Å². The van der Waals surface area contributed by atoms with Crippen molar-refractivity contribution in [3.63, 3.8) is 0 Å². The van der Waals surface area contributed by atoms with E-state index in [1.807, 2.05) is 0 Å². The van der Waals surface area contributed by atoms with Crippen LogP contribution in [0.1, 0.15) is 5.69 Å². The van der Waals surface area contributed by atoms with Gasteiger partial charge in [0.2, 0.25) is 11.8 Å². The summed E-state index contributed by atoms with van der Waals surface area (Å²) in [5.41, 5.74) is 5.61. The molecular weight excluding hydrogens is 146 g/mol. The number of aromatic amines is 1. The molecule has 3 N–H and O–H groups in total. The van der Waals surface area contributed by atoms with Crippen molar-refractivity contribution in [3.05, 3.63) is 11.8 Å². The van der Waals surface area contributed by atoms with Crippen molar-refractivity contribution in [2.75, 3.05) is 7.11 Å². The van der Waals surface area contributed by atoms with Crippen LogP contribution < -0.4 is 10.5 Å². The minimum absolute atomic E-state index is 0.163. The lowest BCUT2D eigenvalue weighted by atomic mass is 10.3. The van der Waals surface area contributed by atoms with Gasteiger partial charge in [-0.2, -0.15) is 0 Å². The zero-order chi connectivity index (χ0) is 8.27. The van der Waals surface area contributed by atoms with Crippen molar-refractivity contribution in [2.45, 2.75) is 6.42 Å². The second-order valence-corrected chi connectivity index (χ2v) is 2.08. The Labute approximate surface area is 63.5 Å². The Morgan fingerprint density at radius 2 is 2.64 bits per heavy atom. The van der Waals surface area contributed by atoms with Gasteiger partial charge in [0.1, 0.15) is 0 Å². The topological polar surface area (TPSA) is 81.0 Å². The molecule has 1 aromatic rings. The van der Waals surface area contributed by atoms with Crippen molar-refractivity contribution >= 4 is 5.91 Å². The highest BCUT2D eigenvalue weighted by atomic mass is 16.5. The van der Waals surface area contributed by atoms with Crippen LogP contribution in [-0.2, 0) is 11.2 Å². The molecule has 1 aromatic heterocycles. The van der Waals surface area contributed by atoms with Crippen LogP contribution in [0.5, 0.6) is 5.88 Å². The molecule has 0 saturated heterocycles. The second kappa shape index (κ2) is 3.05. The number of carbonyl (C=O) groups is 1. The van der Waals surface area contributed by atoms with E-state index in [1.54, 1.807) is 6.07 Å². The highest BCUT2D eigenvalue weighted by Crippen LogP contribution is 2.06. The van der Waals surface area contributed by atoms with E-state index in [2.05, 4.69) is 10.2 Å². The predicted molar refractivity (Wildman–Crippen MR) is 38.0 cm³/mol. The molecule has 0 aliphatic carbocycles. The summed E-state index contributed by atoms with van der Waals surface area (Å²) in [5.74, 6) is 0.0672. The molecular formula is C6H9N3O2. The number of primary amides is 1. The molecule has 0 saturated carbocycles. The van der Waals surface area contributed by atoms with Gasteiger partial charge in [-0.25, -0.2) is 0 Å². The van der Waals surface area contributed by atoms with Crippen LogP contribution >= 0.6 is 0 Å². The SMILES string of the molecule is COc1cc(CC(N)=O)[nH]n1. The third-order valence-corrected chi connectivity index (χ3v) is 1.18. The minimum atomic E-state index is -0.392. The summed E-state index contributed by atoms with van der Waals surface area (Å²) < 4.78 is 4.78. The van der Waals surface area contributed by atoms with Crippen LogP contribution in [0.3, 0.4) is 0 Å². The highest BCUT2D eigenvalue weighted by molar-refractivity contribution is 5.76. The van der Waals surface area contributed by atoms with Crippen LogP contribution in [-0.4, -0.2) is 23.2 Å². The first-order chi connectivity index (χ1) is 5.22. The molecule has 0 aliphatic heterocycles. The molecule has 5 nitrogen and oxygen atoms in total. The molecule has 11 heavy (non-hydrogen) atoms. The maximum atomic E-state index is 10.4. The second-order valence-electron chi connectivity index (χ2n) is 2.08. The van der Waals surface area contributed by atoms with E-state index >= 15 is 0 Å². The van der Waals surface area contributed by atoms with Gasteiger partial charge in [0.15, 0.2) is 0 Å². The minimum Gasteiger partial charge on any atom is -0.480 e. The first kappa shape index (κ1) is 7.59. The van der Waals surface area contributed by atoms with Crippen molar-refractivity contribution in [1.82, 2.24) is 10.2 Å². The predicted octanol–water partition coefficient (Wildman–Crippen LogP) is -0.554. The Morgan fingerprint density at radius 3 is 3.09 bits per heavy atom. The van der Waals surface area contributed by atoms with Gasteiger partial charge in [-0.1, -0.05) is 0 Å². The third kappa shape index (κ3) is 1.96. The third-order valence-electron chi connectivity index (χ3n) is 1.18. The standard InChI is InChI=1S/C6H9N3O2/c1-11-6-3-4(8-9-6)2-5(7)10/h3H,2H2,1H3,(H2,7,10)(H,8,9). The van der Waals surface area contributed by atoms with Crippen molar-refractivity contribution in [1.29, 1.82) is 0 Å². The van der Waals surface area contributed by atoms with Crippen LogP contribution in [0.25, 0.3) is 0 Å². The number of nitrogens with zero attached hydrogens (tertiary/aromatic N) is 1. The molecule has 0 aliphatic rings. The van der Waals surface area contributed by atoms with Gasteiger partial charge >= 0.3 is 0 Å². The largest absolute Gasteiger partial charge is 0.480 e. The van der Waals surface area contributed by atoms with Crippen LogP contribution in [0.4, 0.5) is 0 Å². The number of H-pyrrole nitrogens is 1. The van der Waals surface area contributed by atoms with Crippen LogP contribution in [0.2, 0.25) is 0 Å². The molecule has 0 atom stereocenters. The molecule has 0 unspecified atom stereocenters.